The molecule has 0 amide bonds. The molecule has 0 saturated carbocycles. The fourth-order valence-electron chi connectivity index (χ4n) is 2.96. The lowest BCUT2D eigenvalue weighted by atomic mass is 10.2. The fourth-order valence-corrected chi connectivity index (χ4v) is 2.96. The van der Waals surface area contributed by atoms with Crippen LogP contribution >= 0.6 is 0 Å². The maximum Gasteiger partial charge on any atom is 0.316 e. The Hall–Kier alpha value is -2.96. The zero-order valence-corrected chi connectivity index (χ0v) is 16.6. The first-order chi connectivity index (χ1) is 14.2. The molecule has 2 aromatic carbocycles. The average molecular weight is 393 g/mol. The van der Waals surface area contributed by atoms with E-state index < -0.39 is 6.10 Å². The first-order valence-corrected chi connectivity index (χ1v) is 9.73. The Balaban J connectivity index is 1.54. The average Bonchev–Trinajstić information content (AvgIpc) is 2.74. The molecule has 29 heavy (non-hydrogen) atoms. The number of aliphatic hydroxyl groups is 1. The maximum absolute atomic E-state index is 10.5. The van der Waals surface area contributed by atoms with Gasteiger partial charge >= 0.3 is 6.01 Å². The van der Waals surface area contributed by atoms with E-state index >= 15 is 0 Å². The third-order valence-electron chi connectivity index (χ3n) is 4.42. The minimum Gasteiger partial charge on any atom is -0.491 e. The van der Waals surface area contributed by atoms with Crippen molar-refractivity contribution in [2.75, 3.05) is 26.3 Å². The highest BCUT2D eigenvalue weighted by Gasteiger charge is 2.14. The number of benzene rings is 2. The minimum atomic E-state index is -0.619. The van der Waals surface area contributed by atoms with Gasteiger partial charge in [-0.05, 0) is 30.2 Å². The number of hydrogen-bond acceptors (Lipinski definition) is 6. The van der Waals surface area contributed by atoms with Crippen molar-refractivity contribution in [1.82, 2.24) is 14.9 Å². The van der Waals surface area contributed by atoms with Crippen LogP contribution < -0.4 is 9.47 Å². The smallest absolute Gasteiger partial charge is 0.316 e. The molecule has 0 aliphatic rings. The van der Waals surface area contributed by atoms with Crippen molar-refractivity contribution in [3.05, 3.63) is 84.2 Å². The maximum atomic E-state index is 10.5. The van der Waals surface area contributed by atoms with Crippen LogP contribution in [0.3, 0.4) is 0 Å². The Morgan fingerprint density at radius 3 is 2.41 bits per heavy atom. The predicted octanol–water partition coefficient (Wildman–Crippen LogP) is 3.11. The fraction of sp³-hybridized carbons (Fsp3) is 0.304. The Morgan fingerprint density at radius 1 is 0.931 bits per heavy atom. The van der Waals surface area contributed by atoms with Crippen LogP contribution in [0.4, 0.5) is 0 Å². The van der Waals surface area contributed by atoms with Crippen molar-refractivity contribution in [2.24, 2.45) is 0 Å². The summed E-state index contributed by atoms with van der Waals surface area (Å²) in [4.78, 5) is 10.3. The molecular weight excluding hydrogens is 366 g/mol. The number of hydrogen-bond donors (Lipinski definition) is 1. The van der Waals surface area contributed by atoms with Crippen LogP contribution in [0.5, 0.6) is 11.8 Å². The summed E-state index contributed by atoms with van der Waals surface area (Å²) in [5.74, 6) is 0.797. The number of aliphatic hydroxyl groups excluding tert-OH is 1. The number of rotatable bonds is 11. The summed E-state index contributed by atoms with van der Waals surface area (Å²) in [6.07, 6.45) is 2.68. The second-order valence-electron chi connectivity index (χ2n) is 6.83. The quantitative estimate of drug-likeness (QED) is 0.540. The molecule has 6 heteroatoms. The third kappa shape index (κ3) is 7.18. The normalized spacial score (nSPS) is 12.0. The van der Waals surface area contributed by atoms with Crippen LogP contribution in [0.25, 0.3) is 0 Å². The van der Waals surface area contributed by atoms with E-state index in [9.17, 15) is 5.11 Å². The van der Waals surface area contributed by atoms with Crippen LogP contribution in [-0.2, 0) is 6.54 Å². The molecule has 0 bridgehead atoms. The van der Waals surface area contributed by atoms with E-state index in [4.69, 9.17) is 9.47 Å². The van der Waals surface area contributed by atoms with Crippen LogP contribution in [0.1, 0.15) is 11.1 Å². The van der Waals surface area contributed by atoms with Crippen molar-refractivity contribution in [3.63, 3.8) is 0 Å². The first-order valence-electron chi connectivity index (χ1n) is 9.73. The highest BCUT2D eigenvalue weighted by molar-refractivity contribution is 5.31. The molecule has 0 saturated heterocycles. The van der Waals surface area contributed by atoms with Gasteiger partial charge in [-0.2, -0.15) is 0 Å². The number of para-hydroxylation sites is 1. The molecule has 0 radical (unpaired) electrons. The standard InChI is InChI=1S/C23H27N3O3/c1-19-8-5-6-11-22(19)29-18-21(27)17-26(16-20-9-3-2-4-10-20)14-15-28-23-24-12-7-13-25-23/h2-13,21,27H,14-18H2,1H3. The summed E-state index contributed by atoms with van der Waals surface area (Å²) in [7, 11) is 0. The van der Waals surface area contributed by atoms with E-state index in [0.29, 0.717) is 32.3 Å². The third-order valence-corrected chi connectivity index (χ3v) is 4.42. The molecule has 3 rings (SSSR count). The monoisotopic (exact) mass is 393 g/mol. The van der Waals surface area contributed by atoms with Crippen LogP contribution in [0.2, 0.25) is 0 Å². The van der Waals surface area contributed by atoms with Gasteiger partial charge in [0, 0.05) is 32.0 Å². The second kappa shape index (κ2) is 11.1. The second-order valence-corrected chi connectivity index (χ2v) is 6.83. The molecule has 0 aliphatic heterocycles. The summed E-state index contributed by atoms with van der Waals surface area (Å²) < 4.78 is 11.4. The molecule has 1 heterocycles. The Bertz CT molecular complexity index is 846. The summed E-state index contributed by atoms with van der Waals surface area (Å²) in [6, 6.07) is 20.1. The van der Waals surface area contributed by atoms with E-state index in [1.165, 1.54) is 5.56 Å². The number of aromatic nitrogens is 2. The number of ether oxygens (including phenoxy) is 2. The molecule has 1 unspecified atom stereocenters. The van der Waals surface area contributed by atoms with E-state index in [1.807, 2.05) is 49.4 Å². The first kappa shape index (κ1) is 20.8. The lowest BCUT2D eigenvalue weighted by molar-refractivity contribution is 0.0597. The van der Waals surface area contributed by atoms with Crippen LogP contribution in [0, 0.1) is 6.92 Å². The van der Waals surface area contributed by atoms with Crippen molar-refractivity contribution >= 4 is 0 Å². The van der Waals surface area contributed by atoms with E-state index in [-0.39, 0.29) is 6.61 Å². The van der Waals surface area contributed by atoms with Crippen LogP contribution in [-0.4, -0.2) is 52.4 Å². The Kier molecular flexibility index (Phi) is 7.98. The minimum absolute atomic E-state index is 0.235. The van der Waals surface area contributed by atoms with Gasteiger partial charge in [0.2, 0.25) is 0 Å². The summed E-state index contributed by atoms with van der Waals surface area (Å²) in [6.45, 7) is 4.48. The molecular formula is C23H27N3O3. The van der Waals surface area contributed by atoms with Crippen molar-refractivity contribution in [1.29, 1.82) is 0 Å². The van der Waals surface area contributed by atoms with Gasteiger partial charge in [-0.1, -0.05) is 48.5 Å². The molecule has 3 aromatic rings. The molecule has 6 nitrogen and oxygen atoms in total. The number of nitrogens with zero attached hydrogens (tertiary/aromatic N) is 3. The molecule has 0 fully saturated rings. The highest BCUT2D eigenvalue weighted by Crippen LogP contribution is 2.16. The van der Waals surface area contributed by atoms with Gasteiger partial charge in [-0.15, -0.1) is 0 Å². The molecule has 1 atom stereocenters. The van der Waals surface area contributed by atoms with Crippen LogP contribution in [0.15, 0.2) is 73.1 Å². The largest absolute Gasteiger partial charge is 0.491 e. The Morgan fingerprint density at radius 2 is 1.66 bits per heavy atom. The SMILES string of the molecule is Cc1ccccc1OCC(O)CN(CCOc1ncccn1)Cc1ccccc1. The van der Waals surface area contributed by atoms with E-state index in [2.05, 4.69) is 27.0 Å². The predicted molar refractivity (Wildman–Crippen MR) is 112 cm³/mol. The van der Waals surface area contributed by atoms with Gasteiger partial charge in [0.25, 0.3) is 0 Å². The lowest BCUT2D eigenvalue weighted by Gasteiger charge is -2.25. The van der Waals surface area contributed by atoms with E-state index in [0.717, 1.165) is 11.3 Å². The zero-order valence-electron chi connectivity index (χ0n) is 16.6. The summed E-state index contributed by atoms with van der Waals surface area (Å²) >= 11 is 0. The summed E-state index contributed by atoms with van der Waals surface area (Å²) in [5.41, 5.74) is 2.23. The van der Waals surface area contributed by atoms with Gasteiger partial charge in [0.1, 0.15) is 25.1 Å². The van der Waals surface area contributed by atoms with Gasteiger partial charge < -0.3 is 14.6 Å². The van der Waals surface area contributed by atoms with Crippen molar-refractivity contribution in [3.8, 4) is 11.8 Å². The molecule has 0 aliphatic carbocycles. The molecule has 0 spiro atoms. The van der Waals surface area contributed by atoms with E-state index in [1.54, 1.807) is 18.5 Å². The lowest BCUT2D eigenvalue weighted by Crippen LogP contribution is -2.37. The molecule has 1 N–H and O–H groups in total. The zero-order chi connectivity index (χ0) is 20.3. The highest BCUT2D eigenvalue weighted by atomic mass is 16.5. The van der Waals surface area contributed by atoms with Gasteiger partial charge in [-0.25, -0.2) is 9.97 Å². The Labute approximate surface area is 171 Å². The molecule has 1 aromatic heterocycles. The van der Waals surface area contributed by atoms with Gasteiger partial charge in [-0.3, -0.25) is 4.90 Å². The van der Waals surface area contributed by atoms with Gasteiger partial charge in [0.15, 0.2) is 0 Å². The molecule has 152 valence electrons. The van der Waals surface area contributed by atoms with Gasteiger partial charge in [0.05, 0.1) is 0 Å². The summed E-state index contributed by atoms with van der Waals surface area (Å²) in [5, 5.41) is 10.5. The van der Waals surface area contributed by atoms with Crippen molar-refractivity contribution < 1.29 is 14.6 Å². The van der Waals surface area contributed by atoms with Crippen molar-refractivity contribution in [2.45, 2.75) is 19.6 Å². The topological polar surface area (TPSA) is 67.7 Å². The number of aryl methyl sites for hydroxylation is 1.